The molecule has 0 spiro atoms. The average Bonchev–Trinajstić information content (AvgIpc) is 2.24. The first-order chi connectivity index (χ1) is 7.92. The standard InChI is InChI=1S/C14H22O3/c1-14(2,3)9-11(15)10-17-13-8-6-5-7-12(13)16-4/h5-8,11,15H,9-10H2,1-4H3. The minimum absolute atomic E-state index is 0.101. The van der Waals surface area contributed by atoms with Crippen LogP contribution in [-0.2, 0) is 0 Å². The van der Waals surface area contributed by atoms with Crippen molar-refractivity contribution in [2.75, 3.05) is 13.7 Å². The SMILES string of the molecule is COc1ccccc1OCC(O)CC(C)(C)C. The Morgan fingerprint density at radius 3 is 2.29 bits per heavy atom. The highest BCUT2D eigenvalue weighted by molar-refractivity contribution is 5.39. The van der Waals surface area contributed by atoms with Gasteiger partial charge in [-0.3, -0.25) is 0 Å². The van der Waals surface area contributed by atoms with Gasteiger partial charge in [-0.1, -0.05) is 32.9 Å². The van der Waals surface area contributed by atoms with Gasteiger partial charge in [0.15, 0.2) is 11.5 Å². The van der Waals surface area contributed by atoms with Gasteiger partial charge < -0.3 is 14.6 Å². The minimum atomic E-state index is -0.458. The van der Waals surface area contributed by atoms with Crippen molar-refractivity contribution in [3.05, 3.63) is 24.3 Å². The Kier molecular flexibility index (Phi) is 4.82. The third-order valence-electron chi connectivity index (χ3n) is 2.35. The summed E-state index contributed by atoms with van der Waals surface area (Å²) in [5.74, 6) is 1.36. The molecule has 0 radical (unpaired) electrons. The molecule has 0 fully saturated rings. The summed E-state index contributed by atoms with van der Waals surface area (Å²) in [4.78, 5) is 0. The molecule has 0 aliphatic heterocycles. The predicted octanol–water partition coefficient (Wildman–Crippen LogP) is 2.87. The van der Waals surface area contributed by atoms with Crippen LogP contribution >= 0.6 is 0 Å². The normalized spacial score (nSPS) is 13.2. The summed E-state index contributed by atoms with van der Waals surface area (Å²) in [5, 5.41) is 9.84. The molecule has 1 aromatic carbocycles. The van der Waals surface area contributed by atoms with Gasteiger partial charge >= 0.3 is 0 Å². The molecule has 0 saturated heterocycles. The number of aliphatic hydroxyl groups is 1. The average molecular weight is 238 g/mol. The molecule has 3 heteroatoms. The van der Waals surface area contributed by atoms with E-state index in [-0.39, 0.29) is 12.0 Å². The number of para-hydroxylation sites is 2. The lowest BCUT2D eigenvalue weighted by atomic mass is 9.89. The minimum Gasteiger partial charge on any atom is -0.493 e. The molecule has 0 amide bonds. The molecule has 0 bridgehead atoms. The summed E-state index contributed by atoms with van der Waals surface area (Å²) in [6, 6.07) is 7.44. The number of hydrogen-bond acceptors (Lipinski definition) is 3. The summed E-state index contributed by atoms with van der Waals surface area (Å²) in [5.41, 5.74) is 0.101. The Balaban J connectivity index is 2.50. The fraction of sp³-hybridized carbons (Fsp3) is 0.571. The van der Waals surface area contributed by atoms with Crippen molar-refractivity contribution in [3.63, 3.8) is 0 Å². The van der Waals surface area contributed by atoms with E-state index in [4.69, 9.17) is 9.47 Å². The lowest BCUT2D eigenvalue weighted by Gasteiger charge is -2.22. The van der Waals surface area contributed by atoms with Crippen LogP contribution in [0.5, 0.6) is 11.5 Å². The van der Waals surface area contributed by atoms with Crippen LogP contribution in [0.25, 0.3) is 0 Å². The highest BCUT2D eigenvalue weighted by Gasteiger charge is 2.17. The quantitative estimate of drug-likeness (QED) is 0.857. The van der Waals surface area contributed by atoms with Gasteiger partial charge in [0.2, 0.25) is 0 Å². The van der Waals surface area contributed by atoms with Crippen LogP contribution in [0.1, 0.15) is 27.2 Å². The third kappa shape index (κ3) is 5.09. The topological polar surface area (TPSA) is 38.7 Å². The van der Waals surface area contributed by atoms with E-state index in [1.165, 1.54) is 0 Å². The highest BCUT2D eigenvalue weighted by atomic mass is 16.5. The molecule has 1 rings (SSSR count). The van der Waals surface area contributed by atoms with Gasteiger partial charge in [0.1, 0.15) is 6.61 Å². The fourth-order valence-electron chi connectivity index (χ4n) is 1.69. The molecule has 1 atom stereocenters. The number of benzene rings is 1. The monoisotopic (exact) mass is 238 g/mol. The van der Waals surface area contributed by atoms with Crippen molar-refractivity contribution in [2.45, 2.75) is 33.3 Å². The van der Waals surface area contributed by atoms with Gasteiger partial charge in [0.05, 0.1) is 13.2 Å². The van der Waals surface area contributed by atoms with E-state index in [9.17, 15) is 5.11 Å². The van der Waals surface area contributed by atoms with E-state index in [1.807, 2.05) is 24.3 Å². The van der Waals surface area contributed by atoms with Gasteiger partial charge in [-0.2, -0.15) is 0 Å². The molecule has 96 valence electrons. The molecule has 1 N–H and O–H groups in total. The van der Waals surface area contributed by atoms with Gasteiger partial charge in [-0.15, -0.1) is 0 Å². The van der Waals surface area contributed by atoms with Crippen molar-refractivity contribution in [2.24, 2.45) is 5.41 Å². The maximum atomic E-state index is 9.84. The molecular formula is C14H22O3. The first-order valence-electron chi connectivity index (χ1n) is 5.86. The lowest BCUT2D eigenvalue weighted by Crippen LogP contribution is -2.24. The first-order valence-corrected chi connectivity index (χ1v) is 5.86. The number of rotatable bonds is 5. The molecule has 0 heterocycles. The summed E-state index contributed by atoms with van der Waals surface area (Å²) in [7, 11) is 1.60. The second-order valence-corrected chi connectivity index (χ2v) is 5.38. The van der Waals surface area contributed by atoms with E-state index < -0.39 is 6.10 Å². The van der Waals surface area contributed by atoms with Crippen LogP contribution in [0.3, 0.4) is 0 Å². The van der Waals surface area contributed by atoms with E-state index in [1.54, 1.807) is 7.11 Å². The zero-order chi connectivity index (χ0) is 12.9. The second-order valence-electron chi connectivity index (χ2n) is 5.38. The van der Waals surface area contributed by atoms with Crippen LogP contribution in [0.15, 0.2) is 24.3 Å². The molecule has 0 aliphatic carbocycles. The zero-order valence-corrected chi connectivity index (χ0v) is 11.1. The summed E-state index contributed by atoms with van der Waals surface area (Å²) >= 11 is 0. The van der Waals surface area contributed by atoms with Gasteiger partial charge in [-0.05, 0) is 24.0 Å². The Morgan fingerprint density at radius 1 is 1.18 bits per heavy atom. The van der Waals surface area contributed by atoms with E-state index in [0.29, 0.717) is 17.9 Å². The van der Waals surface area contributed by atoms with Crippen molar-refractivity contribution >= 4 is 0 Å². The van der Waals surface area contributed by atoms with Crippen LogP contribution < -0.4 is 9.47 Å². The predicted molar refractivity (Wildman–Crippen MR) is 68.6 cm³/mol. The smallest absolute Gasteiger partial charge is 0.161 e. The molecule has 0 aromatic heterocycles. The van der Waals surface area contributed by atoms with Crippen LogP contribution in [0.2, 0.25) is 0 Å². The van der Waals surface area contributed by atoms with Gasteiger partial charge in [0.25, 0.3) is 0 Å². The van der Waals surface area contributed by atoms with Crippen molar-refractivity contribution < 1.29 is 14.6 Å². The van der Waals surface area contributed by atoms with Gasteiger partial charge in [0, 0.05) is 0 Å². The molecule has 17 heavy (non-hydrogen) atoms. The molecule has 0 aliphatic rings. The zero-order valence-electron chi connectivity index (χ0n) is 11.1. The maximum Gasteiger partial charge on any atom is 0.161 e. The molecule has 1 unspecified atom stereocenters. The second kappa shape index (κ2) is 5.92. The Hall–Kier alpha value is -1.22. The summed E-state index contributed by atoms with van der Waals surface area (Å²) in [6.45, 7) is 6.58. The van der Waals surface area contributed by atoms with Crippen molar-refractivity contribution in [1.29, 1.82) is 0 Å². The summed E-state index contributed by atoms with van der Waals surface area (Å²) in [6.07, 6.45) is 0.252. The number of methoxy groups -OCH3 is 1. The Labute approximate surface area is 103 Å². The van der Waals surface area contributed by atoms with Gasteiger partial charge in [-0.25, -0.2) is 0 Å². The largest absolute Gasteiger partial charge is 0.493 e. The molecule has 0 saturated carbocycles. The lowest BCUT2D eigenvalue weighted by molar-refractivity contribution is 0.0699. The summed E-state index contributed by atoms with van der Waals surface area (Å²) < 4.78 is 10.7. The van der Waals surface area contributed by atoms with Crippen LogP contribution in [-0.4, -0.2) is 24.9 Å². The molecule has 1 aromatic rings. The number of aliphatic hydroxyl groups excluding tert-OH is 1. The van der Waals surface area contributed by atoms with E-state index in [2.05, 4.69) is 20.8 Å². The maximum absolute atomic E-state index is 9.84. The highest BCUT2D eigenvalue weighted by Crippen LogP contribution is 2.27. The Morgan fingerprint density at radius 2 is 1.76 bits per heavy atom. The first kappa shape index (κ1) is 13.8. The van der Waals surface area contributed by atoms with Crippen molar-refractivity contribution in [1.82, 2.24) is 0 Å². The fourth-order valence-corrected chi connectivity index (χ4v) is 1.69. The van der Waals surface area contributed by atoms with E-state index in [0.717, 1.165) is 0 Å². The van der Waals surface area contributed by atoms with Crippen LogP contribution in [0.4, 0.5) is 0 Å². The third-order valence-corrected chi connectivity index (χ3v) is 2.35. The van der Waals surface area contributed by atoms with E-state index >= 15 is 0 Å². The molecular weight excluding hydrogens is 216 g/mol. The van der Waals surface area contributed by atoms with Crippen molar-refractivity contribution in [3.8, 4) is 11.5 Å². The number of hydrogen-bond donors (Lipinski definition) is 1. The Bertz CT molecular complexity index is 342. The number of ether oxygens (including phenoxy) is 2. The molecule has 3 nitrogen and oxygen atoms in total. The van der Waals surface area contributed by atoms with Crippen LogP contribution in [0, 0.1) is 5.41 Å².